The molecular weight excluding hydrogens is 321 g/mol. The zero-order valence-electron chi connectivity index (χ0n) is 14.9. The normalized spacial score (nSPS) is 30.7. The zero-order valence-corrected chi connectivity index (χ0v) is 14.9. The van der Waals surface area contributed by atoms with Crippen LogP contribution in [0.25, 0.3) is 0 Å². The van der Waals surface area contributed by atoms with Crippen LogP contribution in [-0.4, -0.2) is 0 Å². The lowest BCUT2D eigenvalue weighted by atomic mass is 9.74. The summed E-state index contributed by atoms with van der Waals surface area (Å²) in [6, 6.07) is 4.38. The van der Waals surface area contributed by atoms with E-state index in [0.29, 0.717) is 18.2 Å². The topological polar surface area (TPSA) is 0 Å². The molecule has 25 heavy (non-hydrogen) atoms. The molecule has 0 heterocycles. The number of hydrogen-bond acceptors (Lipinski definition) is 0. The van der Waals surface area contributed by atoms with Crippen molar-refractivity contribution >= 4 is 0 Å². The van der Waals surface area contributed by atoms with E-state index in [1.165, 1.54) is 50.7 Å². The van der Waals surface area contributed by atoms with Gasteiger partial charge in [-0.15, -0.1) is 0 Å². The molecule has 2 fully saturated rings. The SMILES string of the molecule is F/C=C/C1CCC(CCC2CCC(c3ccc(F)c(F)c3)CC2)CC1. The predicted molar refractivity (Wildman–Crippen MR) is 96.0 cm³/mol. The molecule has 0 bridgehead atoms. The second-order valence-corrected chi connectivity index (χ2v) is 8.07. The van der Waals surface area contributed by atoms with E-state index in [1.807, 2.05) is 0 Å². The van der Waals surface area contributed by atoms with Gasteiger partial charge < -0.3 is 0 Å². The van der Waals surface area contributed by atoms with Gasteiger partial charge in [0.25, 0.3) is 0 Å². The van der Waals surface area contributed by atoms with Crippen LogP contribution in [0, 0.1) is 29.4 Å². The Bertz CT molecular complexity index is 565. The summed E-state index contributed by atoms with van der Waals surface area (Å²) in [7, 11) is 0. The zero-order chi connectivity index (χ0) is 17.6. The fourth-order valence-electron chi connectivity index (χ4n) is 4.79. The summed E-state index contributed by atoms with van der Waals surface area (Å²) in [4.78, 5) is 0. The summed E-state index contributed by atoms with van der Waals surface area (Å²) in [5.74, 6) is 0.951. The van der Waals surface area contributed by atoms with Gasteiger partial charge in [-0.3, -0.25) is 0 Å². The Morgan fingerprint density at radius 1 is 0.800 bits per heavy atom. The molecule has 2 saturated carbocycles. The maximum absolute atomic E-state index is 13.4. The van der Waals surface area contributed by atoms with E-state index in [2.05, 4.69) is 0 Å². The first-order valence-electron chi connectivity index (χ1n) is 9.87. The Kier molecular flexibility index (Phi) is 6.61. The molecule has 0 amide bonds. The Balaban J connectivity index is 1.39. The van der Waals surface area contributed by atoms with Crippen molar-refractivity contribution in [2.45, 2.75) is 70.1 Å². The Labute approximate surface area is 149 Å². The fourth-order valence-corrected chi connectivity index (χ4v) is 4.79. The monoisotopic (exact) mass is 350 g/mol. The van der Waals surface area contributed by atoms with E-state index in [-0.39, 0.29) is 0 Å². The maximum Gasteiger partial charge on any atom is 0.159 e. The first-order chi connectivity index (χ1) is 12.2. The maximum atomic E-state index is 13.4. The summed E-state index contributed by atoms with van der Waals surface area (Å²) in [6.07, 6.45) is 14.3. The highest BCUT2D eigenvalue weighted by Crippen LogP contribution is 2.40. The van der Waals surface area contributed by atoms with Crippen LogP contribution in [0.4, 0.5) is 13.2 Å². The molecule has 3 rings (SSSR count). The Morgan fingerprint density at radius 3 is 1.96 bits per heavy atom. The molecule has 3 heteroatoms. The minimum atomic E-state index is -0.755. The molecule has 1 aromatic rings. The quantitative estimate of drug-likeness (QED) is 0.522. The van der Waals surface area contributed by atoms with Crippen molar-refractivity contribution in [3.8, 4) is 0 Å². The van der Waals surface area contributed by atoms with Crippen LogP contribution in [-0.2, 0) is 0 Å². The highest BCUT2D eigenvalue weighted by atomic mass is 19.2. The molecule has 2 aliphatic carbocycles. The molecule has 0 aliphatic heterocycles. The van der Waals surface area contributed by atoms with Crippen molar-refractivity contribution in [3.63, 3.8) is 0 Å². The summed E-state index contributed by atoms with van der Waals surface area (Å²) >= 11 is 0. The lowest BCUT2D eigenvalue weighted by Crippen LogP contribution is -2.17. The lowest BCUT2D eigenvalue weighted by Gasteiger charge is -2.31. The van der Waals surface area contributed by atoms with Crippen molar-refractivity contribution in [1.29, 1.82) is 0 Å². The Morgan fingerprint density at radius 2 is 1.40 bits per heavy atom. The number of hydrogen-bond donors (Lipinski definition) is 0. The summed E-state index contributed by atoms with van der Waals surface area (Å²) in [6.45, 7) is 0. The van der Waals surface area contributed by atoms with Crippen LogP contribution < -0.4 is 0 Å². The van der Waals surface area contributed by atoms with E-state index in [0.717, 1.165) is 43.1 Å². The van der Waals surface area contributed by atoms with Gasteiger partial charge >= 0.3 is 0 Å². The highest BCUT2D eigenvalue weighted by Gasteiger charge is 2.25. The van der Waals surface area contributed by atoms with Crippen LogP contribution in [0.5, 0.6) is 0 Å². The van der Waals surface area contributed by atoms with Crippen LogP contribution in [0.1, 0.15) is 75.7 Å². The van der Waals surface area contributed by atoms with E-state index in [9.17, 15) is 13.2 Å². The van der Waals surface area contributed by atoms with E-state index >= 15 is 0 Å². The molecule has 0 nitrogen and oxygen atoms in total. The number of benzene rings is 1. The van der Waals surface area contributed by atoms with E-state index in [4.69, 9.17) is 0 Å². The summed E-state index contributed by atoms with van der Waals surface area (Å²) in [5.41, 5.74) is 0.955. The van der Waals surface area contributed by atoms with Crippen molar-refractivity contribution < 1.29 is 13.2 Å². The van der Waals surface area contributed by atoms with E-state index < -0.39 is 11.6 Å². The molecule has 0 unspecified atom stereocenters. The molecule has 0 atom stereocenters. The number of halogens is 3. The van der Waals surface area contributed by atoms with Gasteiger partial charge in [0.1, 0.15) is 0 Å². The second kappa shape index (κ2) is 8.91. The lowest BCUT2D eigenvalue weighted by molar-refractivity contribution is 0.245. The Hall–Kier alpha value is -1.25. The minimum Gasteiger partial charge on any atom is -0.216 e. The van der Waals surface area contributed by atoms with Crippen LogP contribution in [0.3, 0.4) is 0 Å². The third-order valence-electron chi connectivity index (χ3n) is 6.48. The first kappa shape index (κ1) is 18.5. The molecule has 0 N–H and O–H groups in total. The van der Waals surface area contributed by atoms with Gasteiger partial charge in [-0.2, -0.15) is 0 Å². The van der Waals surface area contributed by atoms with Gasteiger partial charge in [-0.25, -0.2) is 13.2 Å². The van der Waals surface area contributed by atoms with E-state index in [1.54, 1.807) is 12.1 Å². The summed E-state index contributed by atoms with van der Waals surface area (Å²) < 4.78 is 38.7. The smallest absolute Gasteiger partial charge is 0.159 e. The summed E-state index contributed by atoms with van der Waals surface area (Å²) in [5, 5.41) is 0. The van der Waals surface area contributed by atoms with Gasteiger partial charge in [-0.05, 0) is 92.7 Å². The largest absolute Gasteiger partial charge is 0.216 e. The third kappa shape index (κ3) is 5.12. The molecule has 0 radical (unpaired) electrons. The highest BCUT2D eigenvalue weighted by molar-refractivity contribution is 5.22. The van der Waals surface area contributed by atoms with Crippen molar-refractivity contribution in [3.05, 3.63) is 47.8 Å². The third-order valence-corrected chi connectivity index (χ3v) is 6.48. The fraction of sp³-hybridized carbons (Fsp3) is 0.636. The predicted octanol–water partition coefficient (Wildman–Crippen LogP) is 7.31. The van der Waals surface area contributed by atoms with Crippen molar-refractivity contribution in [1.82, 2.24) is 0 Å². The van der Waals surface area contributed by atoms with Crippen LogP contribution in [0.15, 0.2) is 30.6 Å². The average molecular weight is 350 g/mol. The van der Waals surface area contributed by atoms with Gasteiger partial charge in [-0.1, -0.05) is 25.0 Å². The van der Waals surface area contributed by atoms with Gasteiger partial charge in [0.15, 0.2) is 11.6 Å². The van der Waals surface area contributed by atoms with Gasteiger partial charge in [0.05, 0.1) is 6.33 Å². The molecular formula is C22H29F3. The second-order valence-electron chi connectivity index (χ2n) is 8.07. The van der Waals surface area contributed by atoms with Crippen molar-refractivity contribution in [2.75, 3.05) is 0 Å². The van der Waals surface area contributed by atoms with Crippen LogP contribution in [0.2, 0.25) is 0 Å². The minimum absolute atomic E-state index is 0.384. The average Bonchev–Trinajstić information content (AvgIpc) is 2.64. The van der Waals surface area contributed by atoms with Crippen LogP contribution >= 0.6 is 0 Å². The molecule has 0 saturated heterocycles. The molecule has 1 aromatic carbocycles. The molecule has 2 aliphatic rings. The first-order valence-corrected chi connectivity index (χ1v) is 9.87. The van der Waals surface area contributed by atoms with Gasteiger partial charge in [0, 0.05) is 0 Å². The number of allylic oxidation sites excluding steroid dienone is 1. The molecule has 0 spiro atoms. The van der Waals surface area contributed by atoms with Gasteiger partial charge in [0.2, 0.25) is 0 Å². The standard InChI is InChI=1S/C22H29F3/c23-14-13-18-5-3-16(4-6-18)1-2-17-7-9-19(10-8-17)20-11-12-21(24)22(25)15-20/h11-19H,1-10H2/b14-13+. The number of rotatable bonds is 5. The molecule has 138 valence electrons. The molecule has 0 aromatic heterocycles. The van der Waals surface area contributed by atoms with Crippen molar-refractivity contribution in [2.24, 2.45) is 17.8 Å².